The average Bonchev–Trinajstić information content (AvgIpc) is 3.03. The Morgan fingerprint density at radius 1 is 1.14 bits per heavy atom. The number of primary amides is 1. The molecule has 0 spiro atoms. The Morgan fingerprint density at radius 2 is 1.76 bits per heavy atom. The van der Waals surface area contributed by atoms with E-state index in [0.29, 0.717) is 28.0 Å². The van der Waals surface area contributed by atoms with Gasteiger partial charge in [-0.1, -0.05) is 26.8 Å². The van der Waals surface area contributed by atoms with Gasteiger partial charge >= 0.3 is 0 Å². The van der Waals surface area contributed by atoms with Crippen molar-refractivity contribution in [3.8, 4) is 11.5 Å². The maximum atomic E-state index is 13.1. The number of anilines is 1. The molecule has 1 atom stereocenters. The van der Waals surface area contributed by atoms with Crippen LogP contribution < -0.4 is 20.5 Å². The van der Waals surface area contributed by atoms with Gasteiger partial charge in [0.05, 0.1) is 19.8 Å². The number of hydrogen-bond acceptors (Lipinski definition) is 5. The van der Waals surface area contributed by atoms with Crippen LogP contribution in [0.4, 0.5) is 5.00 Å². The van der Waals surface area contributed by atoms with Crippen LogP contribution >= 0.6 is 11.3 Å². The molecule has 1 heterocycles. The summed E-state index contributed by atoms with van der Waals surface area (Å²) in [6, 6.07) is 5.14. The molecule has 0 aliphatic heterocycles. The Hall–Kier alpha value is -2.54. The molecule has 1 aromatic carbocycles. The van der Waals surface area contributed by atoms with Crippen molar-refractivity contribution in [1.82, 2.24) is 0 Å². The molecule has 0 saturated heterocycles. The third-order valence-electron chi connectivity index (χ3n) is 5.62. The molecule has 1 aliphatic carbocycles. The lowest BCUT2D eigenvalue weighted by Gasteiger charge is -2.33. The number of methoxy groups -OCH3 is 2. The lowest BCUT2D eigenvalue weighted by atomic mass is 9.72. The molecule has 3 N–H and O–H groups in total. The van der Waals surface area contributed by atoms with E-state index >= 15 is 0 Å². The molecule has 1 aromatic heterocycles. The second-order valence-corrected chi connectivity index (χ2v) is 9.47. The molecule has 0 saturated carbocycles. The van der Waals surface area contributed by atoms with Crippen molar-refractivity contribution in [2.45, 2.75) is 40.0 Å². The molecule has 3 rings (SSSR count). The third kappa shape index (κ3) is 4.10. The van der Waals surface area contributed by atoms with Crippen molar-refractivity contribution >= 4 is 28.2 Å². The number of nitrogens with one attached hydrogen (secondary N) is 1. The molecule has 0 radical (unpaired) electrons. The van der Waals surface area contributed by atoms with Crippen LogP contribution in [0.15, 0.2) is 18.2 Å². The second kappa shape index (κ2) is 8.06. The van der Waals surface area contributed by atoms with Gasteiger partial charge in [0.15, 0.2) is 0 Å². The molecule has 0 unspecified atom stereocenters. The van der Waals surface area contributed by atoms with Crippen LogP contribution in [0.2, 0.25) is 0 Å². The molecule has 1 aliphatic rings. The second-order valence-electron chi connectivity index (χ2n) is 8.37. The fraction of sp³-hybridized carbons (Fsp3) is 0.455. The van der Waals surface area contributed by atoms with Crippen molar-refractivity contribution < 1.29 is 19.1 Å². The first-order chi connectivity index (χ1) is 13.7. The first-order valence-corrected chi connectivity index (χ1v) is 10.5. The van der Waals surface area contributed by atoms with Gasteiger partial charge in [-0.15, -0.1) is 11.3 Å². The van der Waals surface area contributed by atoms with Gasteiger partial charge in [0.25, 0.3) is 11.8 Å². The monoisotopic (exact) mass is 416 g/mol. The predicted molar refractivity (Wildman–Crippen MR) is 115 cm³/mol. The van der Waals surface area contributed by atoms with Crippen LogP contribution in [0.3, 0.4) is 0 Å². The Labute approximate surface area is 175 Å². The van der Waals surface area contributed by atoms with Gasteiger partial charge in [-0.2, -0.15) is 0 Å². The van der Waals surface area contributed by atoms with E-state index < -0.39 is 11.8 Å². The first kappa shape index (κ1) is 21.2. The molecule has 29 heavy (non-hydrogen) atoms. The summed E-state index contributed by atoms with van der Waals surface area (Å²) in [5.41, 5.74) is 7.57. The van der Waals surface area contributed by atoms with E-state index in [-0.39, 0.29) is 11.0 Å². The summed E-state index contributed by atoms with van der Waals surface area (Å²) in [7, 11) is 2.99. The number of hydrogen-bond donors (Lipinski definition) is 2. The summed E-state index contributed by atoms with van der Waals surface area (Å²) in [6.45, 7) is 6.71. The molecule has 0 bridgehead atoms. The van der Waals surface area contributed by atoms with Crippen LogP contribution in [0.5, 0.6) is 11.5 Å². The minimum absolute atomic E-state index is 0.183. The highest BCUT2D eigenvalue weighted by atomic mass is 32.1. The van der Waals surface area contributed by atoms with Crippen LogP contribution in [-0.2, 0) is 12.8 Å². The van der Waals surface area contributed by atoms with Crippen LogP contribution in [0.25, 0.3) is 0 Å². The van der Waals surface area contributed by atoms with Crippen LogP contribution in [0, 0.1) is 11.3 Å². The van der Waals surface area contributed by atoms with E-state index in [1.54, 1.807) is 18.2 Å². The SMILES string of the molecule is COc1cccc(OC)c1C(=O)Nc1sc2c(c1C(N)=O)CC[C@@H](C(C)(C)C)C2. The number of fused-ring (bicyclic) bond motifs is 1. The number of amides is 2. The number of rotatable bonds is 5. The van der Waals surface area contributed by atoms with Gasteiger partial charge in [-0.05, 0) is 48.3 Å². The molecule has 0 fully saturated rings. The summed E-state index contributed by atoms with van der Waals surface area (Å²) in [5.74, 6) is 0.409. The van der Waals surface area contributed by atoms with Gasteiger partial charge in [-0.3, -0.25) is 9.59 Å². The number of carbonyl (C=O) groups is 2. The summed E-state index contributed by atoms with van der Waals surface area (Å²) in [6.07, 6.45) is 2.68. The number of benzene rings is 1. The van der Waals surface area contributed by atoms with E-state index in [9.17, 15) is 9.59 Å². The maximum absolute atomic E-state index is 13.1. The van der Waals surface area contributed by atoms with E-state index in [0.717, 1.165) is 29.7 Å². The number of thiophene rings is 1. The molecular formula is C22H28N2O4S. The first-order valence-electron chi connectivity index (χ1n) is 9.64. The highest BCUT2D eigenvalue weighted by molar-refractivity contribution is 7.17. The van der Waals surface area contributed by atoms with Gasteiger partial charge in [0, 0.05) is 4.88 Å². The Balaban J connectivity index is 1.98. The minimum atomic E-state index is -0.515. The largest absolute Gasteiger partial charge is 0.496 e. The lowest BCUT2D eigenvalue weighted by molar-refractivity contribution is 0.1000. The third-order valence-corrected chi connectivity index (χ3v) is 6.79. The summed E-state index contributed by atoms with van der Waals surface area (Å²) in [4.78, 5) is 26.4. The lowest BCUT2D eigenvalue weighted by Crippen LogP contribution is -2.27. The predicted octanol–water partition coefficient (Wildman–Crippen LogP) is 4.27. The quantitative estimate of drug-likeness (QED) is 0.762. The topological polar surface area (TPSA) is 90.7 Å². The van der Waals surface area contributed by atoms with Gasteiger partial charge in [0.1, 0.15) is 22.1 Å². The van der Waals surface area contributed by atoms with Crippen LogP contribution in [-0.4, -0.2) is 26.0 Å². The van der Waals surface area contributed by atoms with Crippen molar-refractivity contribution in [3.63, 3.8) is 0 Å². The van der Waals surface area contributed by atoms with Crippen LogP contribution in [0.1, 0.15) is 58.3 Å². The number of ether oxygens (including phenoxy) is 2. The van der Waals surface area contributed by atoms with Gasteiger partial charge in [0.2, 0.25) is 0 Å². The molecular weight excluding hydrogens is 388 g/mol. The van der Waals surface area contributed by atoms with E-state index in [2.05, 4.69) is 26.1 Å². The minimum Gasteiger partial charge on any atom is -0.496 e. The Bertz CT molecular complexity index is 921. The zero-order valence-electron chi connectivity index (χ0n) is 17.5. The summed E-state index contributed by atoms with van der Waals surface area (Å²) >= 11 is 1.45. The maximum Gasteiger partial charge on any atom is 0.263 e. The standard InChI is InChI=1S/C22H28N2O4S/c1-22(2,3)12-9-10-13-16(11-12)29-21(17(13)19(23)25)24-20(26)18-14(27-4)7-6-8-15(18)28-5/h6-8,12H,9-11H2,1-5H3,(H2,23,25)(H,24,26)/t12-/m1/s1. The van der Waals surface area contributed by atoms with Gasteiger partial charge < -0.3 is 20.5 Å². The number of nitrogens with two attached hydrogens (primary N) is 1. The van der Waals surface area contributed by atoms with Gasteiger partial charge in [-0.25, -0.2) is 0 Å². The molecule has 2 aromatic rings. The normalized spacial score (nSPS) is 16.1. The fourth-order valence-corrected chi connectivity index (χ4v) is 5.24. The highest BCUT2D eigenvalue weighted by Gasteiger charge is 2.34. The van der Waals surface area contributed by atoms with Crippen molar-refractivity contribution in [2.75, 3.05) is 19.5 Å². The zero-order chi connectivity index (χ0) is 21.3. The average molecular weight is 417 g/mol. The molecule has 6 nitrogen and oxygen atoms in total. The van der Waals surface area contributed by atoms with E-state index in [4.69, 9.17) is 15.2 Å². The zero-order valence-corrected chi connectivity index (χ0v) is 18.4. The highest BCUT2D eigenvalue weighted by Crippen LogP contribution is 2.44. The van der Waals surface area contributed by atoms with E-state index in [1.165, 1.54) is 25.6 Å². The molecule has 7 heteroatoms. The summed E-state index contributed by atoms with van der Waals surface area (Å²) < 4.78 is 10.7. The summed E-state index contributed by atoms with van der Waals surface area (Å²) in [5, 5.41) is 3.38. The smallest absolute Gasteiger partial charge is 0.263 e. The number of carbonyl (C=O) groups excluding carboxylic acids is 2. The fourth-order valence-electron chi connectivity index (χ4n) is 3.91. The Morgan fingerprint density at radius 3 is 2.28 bits per heavy atom. The Kier molecular flexibility index (Phi) is 5.89. The molecule has 156 valence electrons. The van der Waals surface area contributed by atoms with Crippen molar-refractivity contribution in [3.05, 3.63) is 39.8 Å². The molecule has 2 amide bonds. The van der Waals surface area contributed by atoms with Crippen molar-refractivity contribution in [1.29, 1.82) is 0 Å². The van der Waals surface area contributed by atoms with E-state index in [1.807, 2.05) is 0 Å². The van der Waals surface area contributed by atoms with Crippen molar-refractivity contribution in [2.24, 2.45) is 17.1 Å².